The number of aryl methyl sites for hydroxylation is 1. The normalized spacial score (nSPS) is 11.4. The average molecular weight is 399 g/mol. The molecule has 0 unspecified atom stereocenters. The minimum absolute atomic E-state index is 0.189. The molecule has 0 fully saturated rings. The lowest BCUT2D eigenvalue weighted by atomic mass is 10.2. The van der Waals surface area contributed by atoms with Crippen LogP contribution < -0.4 is 16.1 Å². The minimum atomic E-state index is -1.66. The van der Waals surface area contributed by atoms with Crippen LogP contribution in [-0.2, 0) is 6.54 Å². The van der Waals surface area contributed by atoms with Crippen LogP contribution in [0, 0.1) is 6.92 Å². The van der Waals surface area contributed by atoms with E-state index in [0.29, 0.717) is 12.4 Å². The van der Waals surface area contributed by atoms with E-state index in [4.69, 9.17) is 11.6 Å². The van der Waals surface area contributed by atoms with Gasteiger partial charge in [0.2, 0.25) is 0 Å². The second kappa shape index (κ2) is 7.66. The van der Waals surface area contributed by atoms with Crippen molar-refractivity contribution in [1.82, 2.24) is 14.5 Å². The van der Waals surface area contributed by atoms with Gasteiger partial charge < -0.3 is 9.88 Å². The zero-order valence-corrected chi connectivity index (χ0v) is 17.7. The summed E-state index contributed by atoms with van der Waals surface area (Å²) in [6.45, 7) is 9.18. The van der Waals surface area contributed by atoms with Gasteiger partial charge in [-0.05, 0) is 23.2 Å². The van der Waals surface area contributed by atoms with Gasteiger partial charge in [-0.2, -0.15) is 0 Å². The van der Waals surface area contributed by atoms with E-state index in [0.717, 1.165) is 16.3 Å². The molecule has 1 N–H and O–H groups in total. The first-order valence-electron chi connectivity index (χ1n) is 8.79. The van der Waals surface area contributed by atoms with Crippen molar-refractivity contribution in [3.8, 4) is 0 Å². The second-order valence-electron chi connectivity index (χ2n) is 7.61. The van der Waals surface area contributed by atoms with Crippen LogP contribution >= 0.6 is 11.6 Å². The molecule has 140 valence electrons. The highest BCUT2D eigenvalue weighted by molar-refractivity contribution is 6.89. The quantitative estimate of drug-likeness (QED) is 0.661. The van der Waals surface area contributed by atoms with Gasteiger partial charge in [-0.1, -0.05) is 67.6 Å². The van der Waals surface area contributed by atoms with Crippen molar-refractivity contribution in [2.45, 2.75) is 33.1 Å². The van der Waals surface area contributed by atoms with Crippen LogP contribution in [-0.4, -0.2) is 22.6 Å². The van der Waals surface area contributed by atoms with Gasteiger partial charge in [0.1, 0.15) is 11.0 Å². The molecule has 2 heterocycles. The maximum Gasteiger partial charge on any atom is 0.294 e. The largest absolute Gasteiger partial charge is 0.320 e. The van der Waals surface area contributed by atoms with Gasteiger partial charge >= 0.3 is 0 Å². The van der Waals surface area contributed by atoms with E-state index in [1.54, 1.807) is 17.0 Å². The SMILES string of the molecule is Cc1cnc(Nc2nc(Cl)cn(Cc3ccccc3)c2=O)c([Si](C)(C)C)c1. The highest BCUT2D eigenvalue weighted by Crippen LogP contribution is 2.15. The summed E-state index contributed by atoms with van der Waals surface area (Å²) >= 11 is 6.19. The first-order valence-corrected chi connectivity index (χ1v) is 12.7. The van der Waals surface area contributed by atoms with Gasteiger partial charge in [0.15, 0.2) is 5.82 Å². The van der Waals surface area contributed by atoms with Crippen molar-refractivity contribution in [2.24, 2.45) is 0 Å². The maximum atomic E-state index is 12.9. The molecule has 3 rings (SSSR count). The maximum absolute atomic E-state index is 12.9. The Kier molecular flexibility index (Phi) is 5.48. The second-order valence-corrected chi connectivity index (χ2v) is 13.0. The first-order chi connectivity index (χ1) is 12.7. The third kappa shape index (κ3) is 4.64. The van der Waals surface area contributed by atoms with Crippen molar-refractivity contribution in [3.05, 3.63) is 75.4 Å². The molecule has 0 amide bonds. The van der Waals surface area contributed by atoms with Crippen molar-refractivity contribution in [2.75, 3.05) is 5.32 Å². The van der Waals surface area contributed by atoms with Crippen LogP contribution in [0.5, 0.6) is 0 Å². The van der Waals surface area contributed by atoms with Crippen LogP contribution in [0.1, 0.15) is 11.1 Å². The Morgan fingerprint density at radius 1 is 1.15 bits per heavy atom. The molecule has 0 aliphatic carbocycles. The molecule has 0 bridgehead atoms. The Balaban J connectivity index is 2.01. The fourth-order valence-electron chi connectivity index (χ4n) is 2.84. The fourth-order valence-corrected chi connectivity index (χ4v) is 4.54. The monoisotopic (exact) mass is 398 g/mol. The van der Waals surface area contributed by atoms with E-state index in [1.807, 2.05) is 37.3 Å². The standard InChI is InChI=1S/C20H23ClN4OSi/c1-14-10-16(27(2,3)4)18(22-11-14)24-19-20(26)25(13-17(21)23-19)12-15-8-6-5-7-9-15/h5-11,13H,12H2,1-4H3,(H,22,23,24). The third-order valence-corrected chi connectivity index (χ3v) is 6.39. The number of rotatable bonds is 5. The van der Waals surface area contributed by atoms with E-state index >= 15 is 0 Å². The highest BCUT2D eigenvalue weighted by Gasteiger charge is 2.22. The molecule has 0 spiro atoms. The lowest BCUT2D eigenvalue weighted by molar-refractivity contribution is 0.751. The molecule has 5 nitrogen and oxygen atoms in total. The van der Waals surface area contributed by atoms with Crippen molar-refractivity contribution in [3.63, 3.8) is 0 Å². The van der Waals surface area contributed by atoms with Crippen LogP contribution in [0.25, 0.3) is 0 Å². The number of halogens is 1. The highest BCUT2D eigenvalue weighted by atomic mass is 35.5. The molecule has 0 atom stereocenters. The minimum Gasteiger partial charge on any atom is -0.320 e. The molecule has 0 saturated carbocycles. The Bertz CT molecular complexity index is 1010. The van der Waals surface area contributed by atoms with Gasteiger partial charge in [0, 0.05) is 12.4 Å². The summed E-state index contributed by atoms with van der Waals surface area (Å²) in [7, 11) is -1.66. The molecule has 2 aromatic heterocycles. The molecule has 0 saturated heterocycles. The summed E-state index contributed by atoms with van der Waals surface area (Å²) in [6, 6.07) is 11.9. The first kappa shape index (κ1) is 19.3. The Labute approximate surface area is 165 Å². The van der Waals surface area contributed by atoms with Gasteiger partial charge in [0.25, 0.3) is 5.56 Å². The lowest BCUT2D eigenvalue weighted by Gasteiger charge is -2.21. The summed E-state index contributed by atoms with van der Waals surface area (Å²) in [6.07, 6.45) is 3.35. The van der Waals surface area contributed by atoms with Crippen LogP contribution in [0.3, 0.4) is 0 Å². The predicted molar refractivity (Wildman–Crippen MR) is 114 cm³/mol. The summed E-state index contributed by atoms with van der Waals surface area (Å²) in [5.41, 5.74) is 1.88. The van der Waals surface area contributed by atoms with Crippen LogP contribution in [0.15, 0.2) is 53.6 Å². The van der Waals surface area contributed by atoms with Gasteiger partial charge in [-0.15, -0.1) is 0 Å². The zero-order chi connectivity index (χ0) is 19.6. The van der Waals surface area contributed by atoms with E-state index in [9.17, 15) is 4.79 Å². The van der Waals surface area contributed by atoms with Gasteiger partial charge in [-0.3, -0.25) is 4.79 Å². The Morgan fingerprint density at radius 2 is 1.85 bits per heavy atom. The predicted octanol–water partition coefficient (Wildman–Crippen LogP) is 3.94. The Hall–Kier alpha value is -2.44. The fraction of sp³-hybridized carbons (Fsp3) is 0.250. The number of pyridine rings is 1. The number of hydrogen-bond acceptors (Lipinski definition) is 4. The molecular formula is C20H23ClN4OSi. The summed E-state index contributed by atoms with van der Waals surface area (Å²) < 4.78 is 1.56. The lowest BCUT2D eigenvalue weighted by Crippen LogP contribution is -2.40. The molecule has 3 aromatic rings. The van der Waals surface area contributed by atoms with Crippen LogP contribution in [0.4, 0.5) is 11.6 Å². The topological polar surface area (TPSA) is 59.8 Å². The number of anilines is 2. The van der Waals surface area contributed by atoms with Gasteiger partial charge in [0.05, 0.1) is 14.6 Å². The summed E-state index contributed by atoms with van der Waals surface area (Å²) in [5.74, 6) is 0.868. The third-order valence-electron chi connectivity index (χ3n) is 4.21. The molecule has 7 heteroatoms. The number of nitrogens with one attached hydrogen (secondary N) is 1. The molecular weight excluding hydrogens is 376 g/mol. The zero-order valence-electron chi connectivity index (χ0n) is 16.0. The summed E-state index contributed by atoms with van der Waals surface area (Å²) in [5, 5.41) is 4.55. The van der Waals surface area contributed by atoms with Crippen LogP contribution in [0.2, 0.25) is 24.8 Å². The average Bonchev–Trinajstić information content (AvgIpc) is 2.60. The van der Waals surface area contributed by atoms with Gasteiger partial charge in [-0.25, -0.2) is 9.97 Å². The molecule has 0 aliphatic rings. The molecule has 1 aromatic carbocycles. The number of hydrogen-bond donors (Lipinski definition) is 1. The Morgan fingerprint density at radius 3 is 2.52 bits per heavy atom. The number of nitrogens with zero attached hydrogens (tertiary/aromatic N) is 3. The number of aromatic nitrogens is 3. The van der Waals surface area contributed by atoms with Crippen molar-refractivity contribution < 1.29 is 0 Å². The molecule has 27 heavy (non-hydrogen) atoms. The van der Waals surface area contributed by atoms with Crippen molar-refractivity contribution in [1.29, 1.82) is 0 Å². The molecule has 0 radical (unpaired) electrons. The molecule has 0 aliphatic heterocycles. The van der Waals surface area contributed by atoms with E-state index in [-0.39, 0.29) is 16.5 Å². The van der Waals surface area contributed by atoms with E-state index in [2.05, 4.69) is 41.0 Å². The summed E-state index contributed by atoms with van der Waals surface area (Å²) in [4.78, 5) is 21.6. The smallest absolute Gasteiger partial charge is 0.294 e. The number of benzene rings is 1. The van der Waals surface area contributed by atoms with E-state index in [1.165, 1.54) is 0 Å². The van der Waals surface area contributed by atoms with Crippen molar-refractivity contribution >= 4 is 36.5 Å². The van der Waals surface area contributed by atoms with E-state index < -0.39 is 8.07 Å².